The number of nitrogens with one attached hydrogen (secondary N) is 1. The number of aromatic nitrogens is 2. The van der Waals surface area contributed by atoms with Gasteiger partial charge in [0, 0.05) is 10.6 Å². The fourth-order valence-electron chi connectivity index (χ4n) is 2.51. The first-order valence-electron chi connectivity index (χ1n) is 8.31. The minimum atomic E-state index is -0.330. The molecule has 0 saturated carbocycles. The number of hydrazone groups is 1. The summed E-state index contributed by atoms with van der Waals surface area (Å²) < 4.78 is 1.71. The average Bonchev–Trinajstić information content (AvgIpc) is 2.91. The highest BCUT2D eigenvalue weighted by Crippen LogP contribution is 2.19. The third kappa shape index (κ3) is 4.76. The van der Waals surface area contributed by atoms with Crippen molar-refractivity contribution >= 4 is 35.3 Å². The Morgan fingerprint density at radius 3 is 2.44 bits per heavy atom. The maximum Gasteiger partial charge on any atom is 0.271 e. The fraction of sp³-hybridized carbons (Fsp3) is 0.150. The number of carbonyl (C=O) groups excluding carboxylic acids is 1. The molecule has 0 aliphatic heterocycles. The number of halogens is 2. The summed E-state index contributed by atoms with van der Waals surface area (Å²) in [4.78, 5) is 12.1. The van der Waals surface area contributed by atoms with Crippen molar-refractivity contribution in [2.45, 2.75) is 20.4 Å². The zero-order valence-electron chi connectivity index (χ0n) is 14.9. The maximum absolute atomic E-state index is 12.1. The van der Waals surface area contributed by atoms with Crippen molar-refractivity contribution in [2.24, 2.45) is 5.10 Å². The summed E-state index contributed by atoms with van der Waals surface area (Å²) in [6, 6.07) is 14.7. The van der Waals surface area contributed by atoms with Crippen molar-refractivity contribution in [3.05, 3.63) is 86.7 Å². The number of benzene rings is 2. The third-order valence-corrected chi connectivity index (χ3v) is 4.68. The normalized spacial score (nSPS) is 11.1. The van der Waals surface area contributed by atoms with Gasteiger partial charge in [0.1, 0.15) is 5.15 Å². The molecule has 3 aromatic rings. The molecule has 1 heterocycles. The second-order valence-electron chi connectivity index (χ2n) is 6.14. The molecule has 0 unspecified atom stereocenters. The minimum Gasteiger partial charge on any atom is -0.267 e. The highest BCUT2D eigenvalue weighted by Gasteiger charge is 2.12. The Hall–Kier alpha value is -2.63. The van der Waals surface area contributed by atoms with Gasteiger partial charge in [0.05, 0.1) is 24.0 Å². The van der Waals surface area contributed by atoms with Gasteiger partial charge in [-0.05, 0) is 43.7 Å². The van der Waals surface area contributed by atoms with Crippen molar-refractivity contribution in [1.29, 1.82) is 0 Å². The molecule has 1 aromatic heterocycles. The number of aryl methyl sites for hydroxylation is 2. The molecule has 1 amide bonds. The number of rotatable bonds is 5. The van der Waals surface area contributed by atoms with Crippen LogP contribution in [0, 0.1) is 13.8 Å². The number of amides is 1. The van der Waals surface area contributed by atoms with E-state index in [0.717, 1.165) is 11.3 Å². The van der Waals surface area contributed by atoms with E-state index in [0.29, 0.717) is 27.8 Å². The Bertz CT molecular complexity index is 976. The molecule has 2 aromatic carbocycles. The third-order valence-electron chi connectivity index (χ3n) is 4.03. The Morgan fingerprint density at radius 1 is 1.11 bits per heavy atom. The van der Waals surface area contributed by atoms with Crippen LogP contribution in [0.5, 0.6) is 0 Å². The van der Waals surface area contributed by atoms with Gasteiger partial charge in [0.15, 0.2) is 0 Å². The van der Waals surface area contributed by atoms with Crippen LogP contribution in [0.4, 0.5) is 0 Å². The van der Waals surface area contributed by atoms with Crippen LogP contribution in [-0.2, 0) is 6.54 Å². The van der Waals surface area contributed by atoms with E-state index in [9.17, 15) is 4.79 Å². The second kappa shape index (κ2) is 8.37. The largest absolute Gasteiger partial charge is 0.271 e. The van der Waals surface area contributed by atoms with E-state index < -0.39 is 0 Å². The molecule has 0 spiro atoms. The van der Waals surface area contributed by atoms with Gasteiger partial charge in [-0.2, -0.15) is 10.2 Å². The van der Waals surface area contributed by atoms with Crippen molar-refractivity contribution in [3.63, 3.8) is 0 Å². The molecule has 0 aliphatic rings. The number of hydrogen-bond acceptors (Lipinski definition) is 3. The first-order chi connectivity index (χ1) is 12.9. The van der Waals surface area contributed by atoms with E-state index in [2.05, 4.69) is 15.6 Å². The number of nitrogens with zero attached hydrogens (tertiary/aromatic N) is 3. The lowest BCUT2D eigenvalue weighted by Gasteiger charge is -2.04. The monoisotopic (exact) mass is 400 g/mol. The predicted octanol–water partition coefficient (Wildman–Crippen LogP) is 4.62. The Balaban J connectivity index is 1.70. The Kier molecular flexibility index (Phi) is 5.94. The van der Waals surface area contributed by atoms with Crippen LogP contribution in [0.25, 0.3) is 0 Å². The van der Waals surface area contributed by atoms with E-state index in [1.54, 1.807) is 28.9 Å². The molecule has 0 atom stereocenters. The molecule has 5 nitrogen and oxygen atoms in total. The van der Waals surface area contributed by atoms with Gasteiger partial charge in [-0.3, -0.25) is 4.79 Å². The maximum atomic E-state index is 12.1. The van der Waals surface area contributed by atoms with E-state index in [4.69, 9.17) is 23.2 Å². The van der Waals surface area contributed by atoms with Crippen molar-refractivity contribution < 1.29 is 4.79 Å². The summed E-state index contributed by atoms with van der Waals surface area (Å²) in [6.07, 6.45) is 1.50. The van der Waals surface area contributed by atoms with E-state index >= 15 is 0 Å². The van der Waals surface area contributed by atoms with Gasteiger partial charge < -0.3 is 0 Å². The molecule has 7 heteroatoms. The highest BCUT2D eigenvalue weighted by molar-refractivity contribution is 6.32. The topological polar surface area (TPSA) is 59.3 Å². The molecule has 27 heavy (non-hydrogen) atoms. The molecule has 138 valence electrons. The standard InChI is InChI=1S/C20H18Cl2N4O/c1-13-3-5-15(6-4-13)12-26-19(22)18(14(2)25-26)11-23-24-20(27)16-7-9-17(21)10-8-16/h3-11H,12H2,1-2H3,(H,24,27)/b23-11-. The average molecular weight is 401 g/mol. The lowest BCUT2D eigenvalue weighted by Crippen LogP contribution is -2.17. The fourth-order valence-corrected chi connectivity index (χ4v) is 2.92. The van der Waals surface area contributed by atoms with Crippen LogP contribution in [-0.4, -0.2) is 21.9 Å². The summed E-state index contributed by atoms with van der Waals surface area (Å²) in [6.45, 7) is 4.45. The van der Waals surface area contributed by atoms with E-state index in [-0.39, 0.29) is 5.91 Å². The Labute approximate surface area is 167 Å². The Morgan fingerprint density at radius 2 is 1.78 bits per heavy atom. The summed E-state index contributed by atoms with van der Waals surface area (Å²) in [5.41, 5.74) is 6.65. The van der Waals surface area contributed by atoms with Crippen molar-refractivity contribution in [3.8, 4) is 0 Å². The first-order valence-corrected chi connectivity index (χ1v) is 9.07. The summed E-state index contributed by atoms with van der Waals surface area (Å²) in [5.74, 6) is -0.330. The van der Waals surface area contributed by atoms with Crippen LogP contribution in [0.15, 0.2) is 53.6 Å². The van der Waals surface area contributed by atoms with Crippen molar-refractivity contribution in [2.75, 3.05) is 0 Å². The molecule has 1 N–H and O–H groups in total. The van der Waals surface area contributed by atoms with Crippen LogP contribution in [0.2, 0.25) is 10.2 Å². The lowest BCUT2D eigenvalue weighted by atomic mass is 10.1. The molecule has 0 radical (unpaired) electrons. The lowest BCUT2D eigenvalue weighted by molar-refractivity contribution is 0.0955. The van der Waals surface area contributed by atoms with Gasteiger partial charge in [-0.15, -0.1) is 0 Å². The predicted molar refractivity (Wildman–Crippen MR) is 109 cm³/mol. The minimum absolute atomic E-state index is 0.330. The SMILES string of the molecule is Cc1ccc(Cn2nc(C)c(/C=N\NC(=O)c3ccc(Cl)cc3)c2Cl)cc1. The van der Waals surface area contributed by atoms with Crippen molar-refractivity contribution in [1.82, 2.24) is 15.2 Å². The van der Waals surface area contributed by atoms with E-state index in [1.165, 1.54) is 11.8 Å². The summed E-state index contributed by atoms with van der Waals surface area (Å²) >= 11 is 12.3. The van der Waals surface area contributed by atoms with Gasteiger partial charge >= 0.3 is 0 Å². The zero-order chi connectivity index (χ0) is 19.4. The van der Waals surface area contributed by atoms with E-state index in [1.807, 2.05) is 38.1 Å². The molecule has 0 bridgehead atoms. The van der Waals surface area contributed by atoms with Crippen LogP contribution in [0.1, 0.15) is 32.7 Å². The molecule has 3 rings (SSSR count). The zero-order valence-corrected chi connectivity index (χ0v) is 16.4. The molecule has 0 fully saturated rings. The number of hydrogen-bond donors (Lipinski definition) is 1. The first kappa shape index (κ1) is 19.1. The molecule has 0 aliphatic carbocycles. The molecular formula is C20H18Cl2N4O. The number of carbonyl (C=O) groups is 1. The molecule has 0 saturated heterocycles. The quantitative estimate of drug-likeness (QED) is 0.501. The van der Waals surface area contributed by atoms with Gasteiger partial charge in [0.2, 0.25) is 0 Å². The van der Waals surface area contributed by atoms with Crippen LogP contribution in [0.3, 0.4) is 0 Å². The van der Waals surface area contributed by atoms with Crippen LogP contribution >= 0.6 is 23.2 Å². The second-order valence-corrected chi connectivity index (χ2v) is 6.93. The van der Waals surface area contributed by atoms with Gasteiger partial charge in [0.25, 0.3) is 5.91 Å². The smallest absolute Gasteiger partial charge is 0.267 e. The van der Waals surface area contributed by atoms with Gasteiger partial charge in [-0.25, -0.2) is 10.1 Å². The molecular weight excluding hydrogens is 383 g/mol. The van der Waals surface area contributed by atoms with Crippen LogP contribution < -0.4 is 5.43 Å². The highest BCUT2D eigenvalue weighted by atomic mass is 35.5. The summed E-state index contributed by atoms with van der Waals surface area (Å²) in [7, 11) is 0. The summed E-state index contributed by atoms with van der Waals surface area (Å²) in [5, 5.41) is 9.50. The van der Waals surface area contributed by atoms with Gasteiger partial charge in [-0.1, -0.05) is 53.0 Å².